The number of ketones is 1. The second kappa shape index (κ2) is 5.39. The van der Waals surface area contributed by atoms with E-state index in [1.165, 1.54) is 18.2 Å². The zero-order valence-corrected chi connectivity index (χ0v) is 13.2. The molecule has 1 aliphatic rings. The van der Waals surface area contributed by atoms with E-state index in [1.54, 1.807) is 24.3 Å². The third-order valence-corrected chi connectivity index (χ3v) is 5.02. The van der Waals surface area contributed by atoms with Gasteiger partial charge in [0.25, 0.3) is 10.0 Å². The number of sulfonamides is 1. The lowest BCUT2D eigenvalue weighted by Gasteiger charge is -2.18. The molecule has 0 atom stereocenters. The molecule has 2 aromatic carbocycles. The van der Waals surface area contributed by atoms with Gasteiger partial charge in [-0.2, -0.15) is 8.42 Å². The van der Waals surface area contributed by atoms with E-state index in [2.05, 4.69) is 9.71 Å². The standard InChI is InChI=1S/C14H8Cl2N2O3S/c15-10-6-2-1-4-8(10)13(19)9-5-3-7-11-12(9)17-14(16)18-22(11,20)21/h1-7H,(H,17,18). The van der Waals surface area contributed by atoms with Crippen LogP contribution >= 0.6 is 23.2 Å². The molecular weight excluding hydrogens is 347 g/mol. The van der Waals surface area contributed by atoms with Crippen molar-refractivity contribution in [2.24, 2.45) is 4.40 Å². The molecule has 0 bridgehead atoms. The van der Waals surface area contributed by atoms with Gasteiger partial charge in [-0.1, -0.05) is 29.8 Å². The summed E-state index contributed by atoms with van der Waals surface area (Å²) in [5.74, 6) is -0.406. The number of halogens is 2. The molecule has 1 N–H and O–H groups in total. The van der Waals surface area contributed by atoms with Crippen molar-refractivity contribution in [1.29, 1.82) is 0 Å². The van der Waals surface area contributed by atoms with Crippen LogP contribution in [-0.2, 0) is 10.0 Å². The van der Waals surface area contributed by atoms with Gasteiger partial charge in [-0.05, 0) is 35.9 Å². The summed E-state index contributed by atoms with van der Waals surface area (Å²) in [4.78, 5) is 12.6. The van der Waals surface area contributed by atoms with E-state index in [0.717, 1.165) is 0 Å². The fourth-order valence-corrected chi connectivity index (χ4v) is 3.75. The van der Waals surface area contributed by atoms with Gasteiger partial charge in [0.1, 0.15) is 4.90 Å². The highest BCUT2D eigenvalue weighted by molar-refractivity contribution is 7.90. The molecule has 0 saturated heterocycles. The van der Waals surface area contributed by atoms with E-state index in [9.17, 15) is 13.2 Å². The number of hydrogen-bond acceptors (Lipinski definition) is 4. The Bertz CT molecular complexity index is 923. The van der Waals surface area contributed by atoms with Crippen LogP contribution in [-0.4, -0.2) is 19.5 Å². The van der Waals surface area contributed by atoms with Gasteiger partial charge in [-0.3, -0.25) is 4.79 Å². The molecule has 22 heavy (non-hydrogen) atoms. The summed E-state index contributed by atoms with van der Waals surface area (Å²) in [7, 11) is -3.93. The van der Waals surface area contributed by atoms with Gasteiger partial charge in [0.05, 0.1) is 10.7 Å². The Kier molecular flexibility index (Phi) is 3.68. The molecule has 0 saturated carbocycles. The second-order valence-electron chi connectivity index (χ2n) is 4.47. The number of amidine groups is 1. The summed E-state index contributed by atoms with van der Waals surface area (Å²) in [6.07, 6.45) is 0. The van der Waals surface area contributed by atoms with Gasteiger partial charge in [-0.15, -0.1) is 4.40 Å². The maximum Gasteiger partial charge on any atom is 0.287 e. The maximum atomic E-state index is 12.7. The Labute approximate surface area is 136 Å². The fourth-order valence-electron chi connectivity index (χ4n) is 2.14. The molecule has 0 amide bonds. The van der Waals surface area contributed by atoms with Crippen molar-refractivity contribution in [1.82, 2.24) is 0 Å². The van der Waals surface area contributed by atoms with Gasteiger partial charge in [-0.25, -0.2) is 0 Å². The van der Waals surface area contributed by atoms with Crippen LogP contribution in [0.4, 0.5) is 5.69 Å². The Morgan fingerprint density at radius 3 is 2.41 bits per heavy atom. The monoisotopic (exact) mass is 354 g/mol. The molecule has 1 heterocycles. The predicted molar refractivity (Wildman–Crippen MR) is 85.4 cm³/mol. The number of nitrogens with zero attached hydrogens (tertiary/aromatic N) is 1. The lowest BCUT2D eigenvalue weighted by Crippen LogP contribution is -2.20. The number of anilines is 1. The highest BCUT2D eigenvalue weighted by Gasteiger charge is 2.28. The minimum absolute atomic E-state index is 0.102. The van der Waals surface area contributed by atoms with Gasteiger partial charge in [0.15, 0.2) is 5.78 Å². The molecule has 0 unspecified atom stereocenters. The lowest BCUT2D eigenvalue weighted by atomic mass is 10.0. The molecule has 8 heteroatoms. The van der Waals surface area contributed by atoms with Crippen molar-refractivity contribution in [3.8, 4) is 0 Å². The molecule has 0 spiro atoms. The van der Waals surface area contributed by atoms with Crippen LogP contribution in [0.25, 0.3) is 0 Å². The zero-order valence-electron chi connectivity index (χ0n) is 10.9. The molecule has 1 aliphatic heterocycles. The molecule has 5 nitrogen and oxygen atoms in total. The molecule has 112 valence electrons. The van der Waals surface area contributed by atoms with E-state index in [1.807, 2.05) is 0 Å². The first-order valence-corrected chi connectivity index (χ1v) is 8.29. The molecule has 2 aromatic rings. The molecule has 0 aromatic heterocycles. The zero-order chi connectivity index (χ0) is 15.9. The minimum Gasteiger partial charge on any atom is -0.328 e. The Morgan fingerprint density at radius 1 is 1.00 bits per heavy atom. The second-order valence-corrected chi connectivity index (χ2v) is 6.81. The van der Waals surface area contributed by atoms with E-state index in [-0.39, 0.29) is 32.0 Å². The van der Waals surface area contributed by atoms with Crippen molar-refractivity contribution < 1.29 is 13.2 Å². The van der Waals surface area contributed by atoms with E-state index in [0.29, 0.717) is 0 Å². The third kappa shape index (κ3) is 2.49. The van der Waals surface area contributed by atoms with Crippen LogP contribution in [0.1, 0.15) is 15.9 Å². The Balaban J connectivity index is 2.20. The van der Waals surface area contributed by atoms with Crippen molar-refractivity contribution >= 4 is 50.0 Å². The van der Waals surface area contributed by atoms with Crippen molar-refractivity contribution in [2.75, 3.05) is 5.32 Å². The van der Waals surface area contributed by atoms with E-state index in [4.69, 9.17) is 23.2 Å². The quantitative estimate of drug-likeness (QED) is 0.663. The van der Waals surface area contributed by atoms with Crippen LogP contribution in [0.5, 0.6) is 0 Å². The van der Waals surface area contributed by atoms with Crippen molar-refractivity contribution in [3.05, 3.63) is 58.6 Å². The maximum absolute atomic E-state index is 12.7. The SMILES string of the molecule is O=C(c1ccccc1Cl)c1cccc2c1NC(Cl)=NS2(=O)=O. The molecular formula is C14H8Cl2N2O3S. The molecule has 3 rings (SSSR count). The van der Waals surface area contributed by atoms with Gasteiger partial charge < -0.3 is 5.32 Å². The lowest BCUT2D eigenvalue weighted by molar-refractivity contribution is 0.103. The normalized spacial score (nSPS) is 15.5. The largest absolute Gasteiger partial charge is 0.328 e. The average molecular weight is 355 g/mol. The summed E-state index contributed by atoms with van der Waals surface area (Å²) in [5.41, 5.74) is 0.532. The first-order chi connectivity index (χ1) is 10.4. The van der Waals surface area contributed by atoms with Crippen LogP contribution in [0, 0.1) is 0 Å². The van der Waals surface area contributed by atoms with Crippen LogP contribution in [0.2, 0.25) is 5.02 Å². The number of benzene rings is 2. The fraction of sp³-hybridized carbons (Fsp3) is 0. The number of carbonyl (C=O) groups excluding carboxylic acids is 1. The Morgan fingerprint density at radius 2 is 1.68 bits per heavy atom. The first-order valence-electron chi connectivity index (χ1n) is 6.10. The number of rotatable bonds is 2. The highest BCUT2D eigenvalue weighted by Crippen LogP contribution is 2.33. The third-order valence-electron chi connectivity index (χ3n) is 3.10. The number of hydrogen-bond donors (Lipinski definition) is 1. The topological polar surface area (TPSA) is 75.6 Å². The summed E-state index contributed by atoms with van der Waals surface area (Å²) in [6, 6.07) is 10.9. The number of fused-ring (bicyclic) bond motifs is 1. The van der Waals surface area contributed by atoms with Gasteiger partial charge in [0.2, 0.25) is 5.29 Å². The van der Waals surface area contributed by atoms with Crippen LogP contribution in [0.15, 0.2) is 51.8 Å². The van der Waals surface area contributed by atoms with Crippen molar-refractivity contribution in [2.45, 2.75) is 4.90 Å². The molecule has 0 aliphatic carbocycles. The number of nitrogens with one attached hydrogen (secondary N) is 1. The first kappa shape index (κ1) is 15.0. The van der Waals surface area contributed by atoms with Crippen molar-refractivity contribution in [3.63, 3.8) is 0 Å². The minimum atomic E-state index is -3.93. The summed E-state index contributed by atoms with van der Waals surface area (Å²) in [6.45, 7) is 0. The molecule has 0 fully saturated rings. The molecule has 0 radical (unpaired) electrons. The summed E-state index contributed by atoms with van der Waals surface area (Å²) < 4.78 is 27.4. The summed E-state index contributed by atoms with van der Waals surface area (Å²) in [5, 5.41) is 2.59. The number of para-hydroxylation sites is 1. The average Bonchev–Trinajstić information content (AvgIpc) is 2.45. The van der Waals surface area contributed by atoms with Gasteiger partial charge in [0, 0.05) is 11.1 Å². The van der Waals surface area contributed by atoms with Crippen LogP contribution in [0.3, 0.4) is 0 Å². The smallest absolute Gasteiger partial charge is 0.287 e. The van der Waals surface area contributed by atoms with E-state index < -0.39 is 15.8 Å². The van der Waals surface area contributed by atoms with Crippen LogP contribution < -0.4 is 5.32 Å². The predicted octanol–water partition coefficient (Wildman–Crippen LogP) is 3.28. The number of carbonyl (C=O) groups is 1. The Hall–Kier alpha value is -1.89. The van der Waals surface area contributed by atoms with E-state index >= 15 is 0 Å². The summed E-state index contributed by atoms with van der Waals surface area (Å²) >= 11 is 11.7. The highest BCUT2D eigenvalue weighted by atomic mass is 35.5. The van der Waals surface area contributed by atoms with Gasteiger partial charge >= 0.3 is 0 Å².